The van der Waals surface area contributed by atoms with Crippen LogP contribution >= 0.6 is 11.6 Å². The highest BCUT2D eigenvalue weighted by Gasteiger charge is 2.33. The molecule has 0 radical (unpaired) electrons. The SMILES string of the molecule is O=C(C1CCNCC1)N(CCOc1cc(F)ccc1F)[C@@H](c1ccc(Cl)cc1)c1ccccc1F. The first-order valence-electron chi connectivity index (χ1n) is 11.5. The molecular formula is C27H26ClF3N2O2. The van der Waals surface area contributed by atoms with E-state index in [1.807, 2.05) is 0 Å². The van der Waals surface area contributed by atoms with Gasteiger partial charge in [-0.1, -0.05) is 41.9 Å². The first-order chi connectivity index (χ1) is 16.9. The number of piperidine rings is 1. The number of hydrogen-bond acceptors (Lipinski definition) is 3. The molecule has 1 aliphatic rings. The maximum Gasteiger partial charge on any atom is 0.226 e. The van der Waals surface area contributed by atoms with Gasteiger partial charge in [0.1, 0.15) is 18.2 Å². The van der Waals surface area contributed by atoms with E-state index in [4.69, 9.17) is 16.3 Å². The lowest BCUT2D eigenvalue weighted by Gasteiger charge is -2.36. The maximum absolute atomic E-state index is 15.1. The zero-order valence-electron chi connectivity index (χ0n) is 19.0. The molecule has 8 heteroatoms. The predicted octanol–water partition coefficient (Wildman–Crippen LogP) is 5.75. The largest absolute Gasteiger partial charge is 0.489 e. The van der Waals surface area contributed by atoms with E-state index in [0.29, 0.717) is 42.1 Å². The lowest BCUT2D eigenvalue weighted by molar-refractivity contribution is -0.138. The van der Waals surface area contributed by atoms with Gasteiger partial charge in [0.2, 0.25) is 5.91 Å². The lowest BCUT2D eigenvalue weighted by Crippen LogP contribution is -2.45. The Kier molecular flexibility index (Phi) is 8.31. The number of rotatable bonds is 8. The maximum atomic E-state index is 15.1. The van der Waals surface area contributed by atoms with Crippen molar-refractivity contribution in [1.82, 2.24) is 10.2 Å². The molecule has 0 aromatic heterocycles. The summed E-state index contributed by atoms with van der Waals surface area (Å²) in [5, 5.41) is 3.76. The third-order valence-electron chi connectivity index (χ3n) is 6.15. The molecule has 3 aromatic rings. The Labute approximate surface area is 207 Å². The Bertz CT molecular complexity index is 1150. The summed E-state index contributed by atoms with van der Waals surface area (Å²) in [6, 6.07) is 15.4. The second-order valence-corrected chi connectivity index (χ2v) is 8.89. The van der Waals surface area contributed by atoms with Crippen LogP contribution in [0.1, 0.15) is 30.0 Å². The average molecular weight is 503 g/mol. The third-order valence-corrected chi connectivity index (χ3v) is 6.40. The van der Waals surface area contributed by atoms with Crippen molar-refractivity contribution in [1.29, 1.82) is 0 Å². The van der Waals surface area contributed by atoms with Crippen molar-refractivity contribution in [2.75, 3.05) is 26.2 Å². The molecule has 4 nitrogen and oxygen atoms in total. The minimum Gasteiger partial charge on any atom is -0.489 e. The highest BCUT2D eigenvalue weighted by Crippen LogP contribution is 2.33. The molecule has 4 rings (SSSR count). The highest BCUT2D eigenvalue weighted by atomic mass is 35.5. The predicted molar refractivity (Wildman–Crippen MR) is 129 cm³/mol. The average Bonchev–Trinajstić information content (AvgIpc) is 2.87. The van der Waals surface area contributed by atoms with Crippen molar-refractivity contribution in [3.63, 3.8) is 0 Å². The van der Waals surface area contributed by atoms with Gasteiger partial charge in [-0.2, -0.15) is 0 Å². The van der Waals surface area contributed by atoms with E-state index < -0.39 is 23.5 Å². The first-order valence-corrected chi connectivity index (χ1v) is 11.9. The van der Waals surface area contributed by atoms with Gasteiger partial charge in [-0.3, -0.25) is 4.79 Å². The molecule has 35 heavy (non-hydrogen) atoms. The fourth-order valence-corrected chi connectivity index (χ4v) is 4.51. The molecular weight excluding hydrogens is 477 g/mol. The van der Waals surface area contributed by atoms with Crippen LogP contribution in [0.2, 0.25) is 5.02 Å². The summed E-state index contributed by atoms with van der Waals surface area (Å²) in [6.07, 6.45) is 1.30. The van der Waals surface area contributed by atoms with E-state index in [9.17, 15) is 13.6 Å². The van der Waals surface area contributed by atoms with Crippen molar-refractivity contribution in [2.24, 2.45) is 5.92 Å². The topological polar surface area (TPSA) is 41.6 Å². The molecule has 0 spiro atoms. The summed E-state index contributed by atoms with van der Waals surface area (Å²) >= 11 is 6.09. The van der Waals surface area contributed by atoms with Crippen LogP contribution in [0.4, 0.5) is 13.2 Å². The summed E-state index contributed by atoms with van der Waals surface area (Å²) < 4.78 is 48.2. The number of hydrogen-bond donors (Lipinski definition) is 1. The van der Waals surface area contributed by atoms with Crippen LogP contribution in [0.3, 0.4) is 0 Å². The molecule has 0 aliphatic carbocycles. The van der Waals surface area contributed by atoms with Crippen molar-refractivity contribution < 1.29 is 22.7 Å². The molecule has 1 atom stereocenters. The second kappa shape index (κ2) is 11.6. The molecule has 1 aliphatic heterocycles. The Morgan fingerprint density at radius 1 is 1.00 bits per heavy atom. The second-order valence-electron chi connectivity index (χ2n) is 8.45. The van der Waals surface area contributed by atoms with Crippen LogP contribution in [0, 0.1) is 23.4 Å². The van der Waals surface area contributed by atoms with Gasteiger partial charge in [-0.15, -0.1) is 0 Å². The minimum absolute atomic E-state index is 0.0420. The smallest absolute Gasteiger partial charge is 0.226 e. The van der Waals surface area contributed by atoms with Crippen LogP contribution in [0.15, 0.2) is 66.7 Å². The van der Waals surface area contributed by atoms with Crippen LogP contribution in [0.25, 0.3) is 0 Å². The molecule has 1 fully saturated rings. The molecule has 1 amide bonds. The van der Waals surface area contributed by atoms with Gasteiger partial charge in [0, 0.05) is 22.6 Å². The van der Waals surface area contributed by atoms with E-state index >= 15 is 4.39 Å². The molecule has 1 heterocycles. The zero-order valence-corrected chi connectivity index (χ0v) is 19.8. The Hall–Kier alpha value is -3.03. The number of ether oxygens (including phenoxy) is 1. The number of carbonyl (C=O) groups excluding carboxylic acids is 1. The lowest BCUT2D eigenvalue weighted by atomic mass is 9.92. The van der Waals surface area contributed by atoms with Crippen molar-refractivity contribution in [3.05, 3.63) is 100 Å². The van der Waals surface area contributed by atoms with Gasteiger partial charge >= 0.3 is 0 Å². The quantitative estimate of drug-likeness (QED) is 0.426. The normalized spacial score (nSPS) is 15.0. The fourth-order valence-electron chi connectivity index (χ4n) is 4.38. The number of benzene rings is 3. The number of carbonyl (C=O) groups is 1. The third kappa shape index (κ3) is 6.16. The molecule has 1 N–H and O–H groups in total. The van der Waals surface area contributed by atoms with Crippen LogP contribution in [-0.4, -0.2) is 37.0 Å². The number of amides is 1. The molecule has 0 saturated carbocycles. The number of halogens is 4. The molecule has 0 unspecified atom stereocenters. The van der Waals surface area contributed by atoms with Crippen LogP contribution in [0.5, 0.6) is 5.75 Å². The standard InChI is InChI=1S/C27H26ClF3N2O2/c28-20-7-5-18(6-8-20)26(22-3-1-2-4-23(22)30)33(27(34)19-11-13-32-14-12-19)15-16-35-25-17-21(29)9-10-24(25)31/h1-10,17,19,26,32H,11-16H2/t26-/m0/s1. The van der Waals surface area contributed by atoms with Crippen molar-refractivity contribution >= 4 is 17.5 Å². The molecule has 1 saturated heterocycles. The van der Waals surface area contributed by atoms with Crippen molar-refractivity contribution in [2.45, 2.75) is 18.9 Å². The number of nitrogens with one attached hydrogen (secondary N) is 1. The number of nitrogens with zero attached hydrogens (tertiary/aromatic N) is 1. The van der Waals surface area contributed by atoms with E-state index in [1.165, 1.54) is 6.07 Å². The summed E-state index contributed by atoms with van der Waals surface area (Å²) in [6.45, 7) is 1.36. The fraction of sp³-hybridized carbons (Fsp3) is 0.296. The molecule has 0 bridgehead atoms. The van der Waals surface area contributed by atoms with Crippen LogP contribution < -0.4 is 10.1 Å². The van der Waals surface area contributed by atoms with Crippen molar-refractivity contribution in [3.8, 4) is 5.75 Å². The van der Waals surface area contributed by atoms with Gasteiger partial charge in [0.05, 0.1) is 12.6 Å². The van der Waals surface area contributed by atoms with Gasteiger partial charge in [0.15, 0.2) is 11.6 Å². The minimum atomic E-state index is -0.753. The summed E-state index contributed by atoms with van der Waals surface area (Å²) in [5.74, 6) is -2.41. The van der Waals surface area contributed by atoms with E-state index in [2.05, 4.69) is 5.32 Å². The van der Waals surface area contributed by atoms with Gasteiger partial charge in [-0.25, -0.2) is 13.2 Å². The van der Waals surface area contributed by atoms with Gasteiger partial charge in [-0.05, 0) is 61.8 Å². The zero-order chi connectivity index (χ0) is 24.8. The summed E-state index contributed by atoms with van der Waals surface area (Å²) in [4.78, 5) is 15.4. The summed E-state index contributed by atoms with van der Waals surface area (Å²) in [5.41, 5.74) is 1.01. The van der Waals surface area contributed by atoms with Gasteiger partial charge in [0.25, 0.3) is 0 Å². The van der Waals surface area contributed by atoms with Crippen LogP contribution in [-0.2, 0) is 4.79 Å². The van der Waals surface area contributed by atoms with E-state index in [1.54, 1.807) is 47.4 Å². The molecule has 3 aromatic carbocycles. The Morgan fingerprint density at radius 3 is 2.43 bits per heavy atom. The highest BCUT2D eigenvalue weighted by molar-refractivity contribution is 6.30. The summed E-state index contributed by atoms with van der Waals surface area (Å²) in [7, 11) is 0. The van der Waals surface area contributed by atoms with E-state index in [-0.39, 0.29) is 30.7 Å². The Morgan fingerprint density at radius 2 is 1.71 bits per heavy atom. The molecule has 184 valence electrons. The van der Waals surface area contributed by atoms with E-state index in [0.717, 1.165) is 18.2 Å². The van der Waals surface area contributed by atoms with Gasteiger partial charge < -0.3 is 15.0 Å². The Balaban J connectivity index is 1.69. The monoisotopic (exact) mass is 502 g/mol. The first kappa shape index (κ1) is 25.1.